The number of benzene rings is 1. The number of aliphatic hydroxyl groups is 1. The Morgan fingerprint density at radius 1 is 1.30 bits per heavy atom. The molecular formula is C15H20F3NO. The van der Waals surface area contributed by atoms with Gasteiger partial charge in [-0.05, 0) is 50.3 Å². The number of aliphatic hydroxyl groups excluding tert-OH is 1. The molecule has 0 amide bonds. The number of anilines is 1. The van der Waals surface area contributed by atoms with Crippen LogP contribution in [-0.4, -0.2) is 23.4 Å². The Morgan fingerprint density at radius 2 is 1.95 bits per heavy atom. The number of nitrogens with one attached hydrogen (secondary N) is 1. The summed E-state index contributed by atoms with van der Waals surface area (Å²) >= 11 is 0. The van der Waals surface area contributed by atoms with Crippen LogP contribution in [0.15, 0.2) is 24.3 Å². The van der Waals surface area contributed by atoms with Gasteiger partial charge < -0.3 is 10.4 Å². The van der Waals surface area contributed by atoms with Crippen LogP contribution in [0.2, 0.25) is 0 Å². The topological polar surface area (TPSA) is 32.3 Å². The third-order valence-corrected chi connectivity index (χ3v) is 4.14. The zero-order valence-corrected chi connectivity index (χ0v) is 11.5. The summed E-state index contributed by atoms with van der Waals surface area (Å²) in [5.74, 6) is -1.23. The van der Waals surface area contributed by atoms with E-state index in [1.807, 2.05) is 31.2 Å². The third-order valence-electron chi connectivity index (χ3n) is 4.14. The van der Waals surface area contributed by atoms with Gasteiger partial charge in [-0.3, -0.25) is 0 Å². The number of halogens is 3. The Labute approximate surface area is 117 Å². The van der Waals surface area contributed by atoms with Gasteiger partial charge in [-0.2, -0.15) is 13.2 Å². The summed E-state index contributed by atoms with van der Waals surface area (Å²) < 4.78 is 38.1. The van der Waals surface area contributed by atoms with Crippen molar-refractivity contribution in [3.8, 4) is 0 Å². The number of hydrogen-bond acceptors (Lipinski definition) is 2. The fraction of sp³-hybridized carbons (Fsp3) is 0.600. The number of hydrogen-bond donors (Lipinski definition) is 2. The molecule has 1 saturated carbocycles. The monoisotopic (exact) mass is 287 g/mol. The smallest absolute Gasteiger partial charge is 0.391 e. The molecule has 1 aliphatic carbocycles. The fourth-order valence-electron chi connectivity index (χ4n) is 2.85. The Morgan fingerprint density at radius 3 is 2.45 bits per heavy atom. The lowest BCUT2D eigenvalue weighted by atomic mass is 9.76. The lowest BCUT2D eigenvalue weighted by molar-refractivity contribution is -0.184. The Bertz CT molecular complexity index is 451. The molecule has 0 saturated heterocycles. The normalized spacial score (nSPS) is 27.4. The van der Waals surface area contributed by atoms with Crippen molar-refractivity contribution >= 4 is 5.69 Å². The molecule has 0 aliphatic heterocycles. The van der Waals surface area contributed by atoms with E-state index in [0.29, 0.717) is 12.8 Å². The van der Waals surface area contributed by atoms with Gasteiger partial charge in [0.1, 0.15) is 0 Å². The molecule has 20 heavy (non-hydrogen) atoms. The van der Waals surface area contributed by atoms with Crippen molar-refractivity contribution in [2.45, 2.75) is 44.3 Å². The van der Waals surface area contributed by atoms with E-state index in [0.717, 1.165) is 11.3 Å². The second-order valence-electron chi connectivity index (χ2n) is 5.75. The Balaban J connectivity index is 2.05. The molecule has 0 radical (unpaired) electrons. The minimum atomic E-state index is -4.12. The van der Waals surface area contributed by atoms with Crippen LogP contribution < -0.4 is 5.32 Å². The van der Waals surface area contributed by atoms with Crippen molar-refractivity contribution in [2.24, 2.45) is 5.92 Å². The van der Waals surface area contributed by atoms with Gasteiger partial charge in [0, 0.05) is 5.69 Å². The van der Waals surface area contributed by atoms with E-state index in [9.17, 15) is 18.3 Å². The molecule has 0 heterocycles. The second kappa shape index (κ2) is 5.64. The Hall–Kier alpha value is -1.23. The molecule has 1 fully saturated rings. The van der Waals surface area contributed by atoms with E-state index in [2.05, 4.69) is 5.32 Å². The van der Waals surface area contributed by atoms with Crippen molar-refractivity contribution < 1.29 is 18.3 Å². The van der Waals surface area contributed by atoms with Crippen LogP contribution in [0, 0.1) is 12.8 Å². The molecule has 0 bridgehead atoms. The lowest BCUT2D eigenvalue weighted by Gasteiger charge is -2.40. The molecule has 0 spiro atoms. The SMILES string of the molecule is Cc1cccc(NC2(CO)CCC(C(F)(F)F)CC2)c1. The summed E-state index contributed by atoms with van der Waals surface area (Å²) in [7, 11) is 0. The first-order valence-electron chi connectivity index (χ1n) is 6.87. The first kappa shape index (κ1) is 15.2. The largest absolute Gasteiger partial charge is 0.394 e. The van der Waals surface area contributed by atoms with Crippen LogP contribution in [0.3, 0.4) is 0 Å². The maximum Gasteiger partial charge on any atom is 0.391 e. The molecule has 112 valence electrons. The van der Waals surface area contributed by atoms with Crippen molar-refractivity contribution in [2.75, 3.05) is 11.9 Å². The summed E-state index contributed by atoms with van der Waals surface area (Å²) in [5, 5.41) is 12.9. The predicted octanol–water partition coefficient (Wildman–Crippen LogP) is 3.89. The maximum atomic E-state index is 12.7. The minimum Gasteiger partial charge on any atom is -0.394 e. The zero-order valence-electron chi connectivity index (χ0n) is 11.5. The first-order chi connectivity index (χ1) is 9.35. The van der Waals surface area contributed by atoms with Gasteiger partial charge in [-0.1, -0.05) is 12.1 Å². The van der Waals surface area contributed by atoms with Crippen LogP contribution in [0.5, 0.6) is 0 Å². The second-order valence-corrected chi connectivity index (χ2v) is 5.75. The molecule has 0 aromatic heterocycles. The molecular weight excluding hydrogens is 267 g/mol. The van der Waals surface area contributed by atoms with Crippen molar-refractivity contribution in [3.63, 3.8) is 0 Å². The van der Waals surface area contributed by atoms with Crippen molar-refractivity contribution in [1.29, 1.82) is 0 Å². The average Bonchev–Trinajstić information content (AvgIpc) is 2.38. The molecule has 1 aromatic carbocycles. The van der Waals surface area contributed by atoms with Gasteiger partial charge in [0.25, 0.3) is 0 Å². The molecule has 2 N–H and O–H groups in total. The van der Waals surface area contributed by atoms with Gasteiger partial charge in [-0.15, -0.1) is 0 Å². The van der Waals surface area contributed by atoms with E-state index in [4.69, 9.17) is 0 Å². The van der Waals surface area contributed by atoms with Gasteiger partial charge in [-0.25, -0.2) is 0 Å². The minimum absolute atomic E-state index is 0.0723. The molecule has 2 rings (SSSR count). The number of rotatable bonds is 3. The summed E-state index contributed by atoms with van der Waals surface area (Å²) in [6.45, 7) is 1.81. The van der Waals surface area contributed by atoms with Crippen LogP contribution in [0.1, 0.15) is 31.2 Å². The standard InChI is InChI=1S/C15H20F3NO/c1-11-3-2-4-13(9-11)19-14(10-20)7-5-12(6-8-14)15(16,17)18/h2-4,9,12,19-20H,5-8,10H2,1H3. The third kappa shape index (κ3) is 3.45. The van der Waals surface area contributed by atoms with Gasteiger partial charge in [0.15, 0.2) is 0 Å². The summed E-state index contributed by atoms with van der Waals surface area (Å²) in [5.41, 5.74) is 1.30. The summed E-state index contributed by atoms with van der Waals surface area (Å²) in [6.07, 6.45) is -3.31. The lowest BCUT2D eigenvalue weighted by Crippen LogP contribution is -2.47. The van der Waals surface area contributed by atoms with Crippen LogP contribution in [0.25, 0.3) is 0 Å². The predicted molar refractivity (Wildman–Crippen MR) is 72.6 cm³/mol. The number of aryl methyl sites for hydroxylation is 1. The van der Waals surface area contributed by atoms with E-state index >= 15 is 0 Å². The molecule has 1 aliphatic rings. The molecule has 1 aromatic rings. The van der Waals surface area contributed by atoms with Gasteiger partial charge in [0.05, 0.1) is 18.1 Å². The highest BCUT2D eigenvalue weighted by molar-refractivity contribution is 5.47. The zero-order chi connectivity index (χ0) is 14.8. The van der Waals surface area contributed by atoms with Crippen molar-refractivity contribution in [1.82, 2.24) is 0 Å². The van der Waals surface area contributed by atoms with Crippen LogP contribution in [0.4, 0.5) is 18.9 Å². The summed E-state index contributed by atoms with van der Waals surface area (Å²) in [4.78, 5) is 0. The van der Waals surface area contributed by atoms with E-state index in [-0.39, 0.29) is 19.4 Å². The van der Waals surface area contributed by atoms with E-state index in [1.165, 1.54) is 0 Å². The van der Waals surface area contributed by atoms with Gasteiger partial charge in [0.2, 0.25) is 0 Å². The number of alkyl halides is 3. The molecule has 2 nitrogen and oxygen atoms in total. The van der Waals surface area contributed by atoms with E-state index < -0.39 is 17.6 Å². The summed E-state index contributed by atoms with van der Waals surface area (Å²) in [6, 6.07) is 7.66. The molecule has 0 unspecified atom stereocenters. The van der Waals surface area contributed by atoms with Gasteiger partial charge >= 0.3 is 6.18 Å². The maximum absolute atomic E-state index is 12.7. The quantitative estimate of drug-likeness (QED) is 0.884. The molecule has 5 heteroatoms. The van der Waals surface area contributed by atoms with Crippen LogP contribution >= 0.6 is 0 Å². The highest BCUT2D eigenvalue weighted by Gasteiger charge is 2.45. The van der Waals surface area contributed by atoms with Crippen molar-refractivity contribution in [3.05, 3.63) is 29.8 Å². The highest BCUT2D eigenvalue weighted by atomic mass is 19.4. The van der Waals surface area contributed by atoms with Crippen LogP contribution in [-0.2, 0) is 0 Å². The van der Waals surface area contributed by atoms with E-state index in [1.54, 1.807) is 0 Å². The molecule has 0 atom stereocenters. The Kier molecular flexibility index (Phi) is 4.28. The highest BCUT2D eigenvalue weighted by Crippen LogP contribution is 2.42. The first-order valence-corrected chi connectivity index (χ1v) is 6.87. The fourth-order valence-corrected chi connectivity index (χ4v) is 2.85. The average molecular weight is 287 g/mol.